The zero-order valence-corrected chi connectivity index (χ0v) is 16.9. The van der Waals surface area contributed by atoms with Gasteiger partial charge in [-0.25, -0.2) is 0 Å². The lowest BCUT2D eigenvalue weighted by molar-refractivity contribution is -0.118. The molecule has 0 spiro atoms. The van der Waals surface area contributed by atoms with Crippen molar-refractivity contribution in [3.8, 4) is 0 Å². The van der Waals surface area contributed by atoms with E-state index in [4.69, 9.17) is 23.2 Å². The largest absolute Gasteiger partial charge is 0.358 e. The van der Waals surface area contributed by atoms with E-state index in [-0.39, 0.29) is 16.4 Å². The van der Waals surface area contributed by atoms with Gasteiger partial charge in [0.2, 0.25) is 0 Å². The number of rotatable bonds is 1. The monoisotopic (exact) mass is 403 g/mol. The lowest BCUT2D eigenvalue weighted by Gasteiger charge is -2.34. The van der Waals surface area contributed by atoms with Crippen molar-refractivity contribution in [1.82, 2.24) is 0 Å². The second kappa shape index (κ2) is 6.63. The minimum Gasteiger partial charge on any atom is -0.358 e. The first-order valence-corrected chi connectivity index (χ1v) is 10.2. The lowest BCUT2D eigenvalue weighted by Crippen LogP contribution is -2.29. The Balaban J connectivity index is 1.89. The quantitative estimate of drug-likeness (QED) is 0.561. The molecule has 0 bridgehead atoms. The Bertz CT molecular complexity index is 935. The first kappa shape index (κ1) is 18.0. The van der Waals surface area contributed by atoms with Gasteiger partial charge in [-0.05, 0) is 41.7 Å². The second-order valence-electron chi connectivity index (χ2n) is 7.63. The zero-order valence-electron chi connectivity index (χ0n) is 14.6. The van der Waals surface area contributed by atoms with Crippen LogP contribution in [0.3, 0.4) is 0 Å². The van der Waals surface area contributed by atoms with Gasteiger partial charge in [0.05, 0.1) is 21.0 Å². The van der Waals surface area contributed by atoms with Gasteiger partial charge in [-0.2, -0.15) is 0 Å². The van der Waals surface area contributed by atoms with Gasteiger partial charge in [0.15, 0.2) is 5.78 Å². The summed E-state index contributed by atoms with van der Waals surface area (Å²) in [7, 11) is 0. The number of ketones is 1. The molecular formula is C21H19Cl2NOS. The van der Waals surface area contributed by atoms with E-state index < -0.39 is 0 Å². The Kier molecular flexibility index (Phi) is 4.58. The Labute approximate surface area is 168 Å². The second-order valence-corrected chi connectivity index (χ2v) is 9.59. The summed E-state index contributed by atoms with van der Waals surface area (Å²) in [4.78, 5) is 14.2. The van der Waals surface area contributed by atoms with Gasteiger partial charge < -0.3 is 5.32 Å². The third kappa shape index (κ3) is 3.28. The van der Waals surface area contributed by atoms with Gasteiger partial charge in [0.1, 0.15) is 0 Å². The summed E-state index contributed by atoms with van der Waals surface area (Å²) in [5, 5.41) is 4.50. The van der Waals surface area contributed by atoms with Gasteiger partial charge in [-0.15, -0.1) is 11.8 Å². The highest BCUT2D eigenvalue weighted by Crippen LogP contribution is 2.52. The number of thioether (sulfide) groups is 1. The zero-order chi connectivity index (χ0) is 18.5. The van der Waals surface area contributed by atoms with E-state index in [1.807, 2.05) is 30.3 Å². The Morgan fingerprint density at radius 1 is 1.08 bits per heavy atom. The summed E-state index contributed by atoms with van der Waals surface area (Å²) in [5.41, 5.74) is 3.90. The number of hydrogen-bond donors (Lipinski definition) is 1. The minimum absolute atomic E-state index is 0.0466. The van der Waals surface area contributed by atoms with Crippen LogP contribution in [0.5, 0.6) is 0 Å². The van der Waals surface area contributed by atoms with Crippen molar-refractivity contribution in [2.45, 2.75) is 36.8 Å². The molecule has 134 valence electrons. The van der Waals surface area contributed by atoms with Gasteiger partial charge in [0, 0.05) is 22.6 Å². The number of carbonyl (C=O) groups excluding carboxylic acids is 1. The van der Waals surface area contributed by atoms with Crippen molar-refractivity contribution in [1.29, 1.82) is 0 Å². The fourth-order valence-electron chi connectivity index (χ4n) is 3.68. The number of allylic oxidation sites excluding steroid dienone is 1. The maximum absolute atomic E-state index is 13.1. The molecule has 1 heterocycles. The third-order valence-corrected chi connectivity index (χ3v) is 6.94. The lowest BCUT2D eigenvalue weighted by atomic mass is 9.74. The average molecular weight is 404 g/mol. The van der Waals surface area contributed by atoms with E-state index in [9.17, 15) is 4.79 Å². The number of Topliss-reactive ketones (excluding diaryl/α,β-unsaturated/α-hetero) is 1. The topological polar surface area (TPSA) is 29.1 Å². The van der Waals surface area contributed by atoms with E-state index in [1.165, 1.54) is 0 Å². The van der Waals surface area contributed by atoms with E-state index in [1.54, 1.807) is 11.8 Å². The molecule has 2 aliphatic rings. The number of carbonyl (C=O) groups is 1. The van der Waals surface area contributed by atoms with Crippen LogP contribution in [0.25, 0.3) is 0 Å². The maximum atomic E-state index is 13.1. The normalized spacial score (nSPS) is 21.5. The molecule has 26 heavy (non-hydrogen) atoms. The molecule has 1 N–H and O–H groups in total. The standard InChI is InChI=1S/C21H19Cl2NOS/c1-21(2)10-16-19(17(25)11-21)20(12-7-8-13(22)14(23)9-12)26-18-6-4-3-5-15(18)24-16/h3-9,20,24H,10-11H2,1-2H3. The number of anilines is 1. The molecule has 1 atom stereocenters. The number of nitrogens with one attached hydrogen (secondary N) is 1. The van der Waals surface area contributed by atoms with Crippen molar-refractivity contribution in [2.75, 3.05) is 5.32 Å². The van der Waals surface area contributed by atoms with Crippen LogP contribution in [-0.2, 0) is 4.79 Å². The van der Waals surface area contributed by atoms with Crippen molar-refractivity contribution in [2.24, 2.45) is 5.41 Å². The van der Waals surface area contributed by atoms with Gasteiger partial charge in [-0.3, -0.25) is 4.79 Å². The molecule has 0 saturated heterocycles. The van der Waals surface area contributed by atoms with E-state index in [2.05, 4.69) is 31.3 Å². The third-order valence-electron chi connectivity index (χ3n) is 4.85. The predicted octanol–water partition coefficient (Wildman–Crippen LogP) is 6.90. The molecule has 5 heteroatoms. The molecule has 0 amide bonds. The van der Waals surface area contributed by atoms with Crippen LogP contribution in [0.2, 0.25) is 10.0 Å². The smallest absolute Gasteiger partial charge is 0.162 e. The fourth-order valence-corrected chi connectivity index (χ4v) is 5.32. The van der Waals surface area contributed by atoms with E-state index in [0.717, 1.165) is 33.8 Å². The van der Waals surface area contributed by atoms with E-state index in [0.29, 0.717) is 16.5 Å². The number of fused-ring (bicyclic) bond motifs is 1. The SMILES string of the molecule is CC1(C)CC(=O)C2=C(C1)Nc1ccccc1SC2c1ccc(Cl)c(Cl)c1. The molecule has 2 aromatic carbocycles. The molecule has 0 radical (unpaired) electrons. The number of halogens is 2. The van der Waals surface area contributed by atoms with Gasteiger partial charge in [-0.1, -0.05) is 55.2 Å². The summed E-state index contributed by atoms with van der Waals surface area (Å²) in [6.45, 7) is 4.29. The highest BCUT2D eigenvalue weighted by atomic mass is 35.5. The Morgan fingerprint density at radius 3 is 2.62 bits per heavy atom. The van der Waals surface area contributed by atoms with Crippen molar-refractivity contribution in [3.63, 3.8) is 0 Å². The van der Waals surface area contributed by atoms with Gasteiger partial charge in [0.25, 0.3) is 0 Å². The summed E-state index contributed by atoms with van der Waals surface area (Å²) >= 11 is 14.1. The van der Waals surface area contributed by atoms with Crippen LogP contribution in [0.1, 0.15) is 37.5 Å². The molecule has 4 rings (SSSR count). The highest BCUT2D eigenvalue weighted by Gasteiger charge is 2.39. The predicted molar refractivity (Wildman–Crippen MR) is 110 cm³/mol. The molecule has 0 saturated carbocycles. The first-order chi connectivity index (χ1) is 12.3. The van der Waals surface area contributed by atoms with E-state index >= 15 is 0 Å². The summed E-state index contributed by atoms with van der Waals surface area (Å²) < 4.78 is 0. The van der Waals surface area contributed by atoms with Crippen LogP contribution < -0.4 is 5.32 Å². The molecule has 2 aromatic rings. The summed E-state index contributed by atoms with van der Waals surface area (Å²) in [6, 6.07) is 13.9. The highest BCUT2D eigenvalue weighted by molar-refractivity contribution is 8.00. The molecule has 0 aromatic heterocycles. The van der Waals surface area contributed by atoms with Crippen LogP contribution in [0.4, 0.5) is 5.69 Å². The Hall–Kier alpha value is -1.42. The molecule has 0 fully saturated rings. The average Bonchev–Trinajstić information content (AvgIpc) is 2.72. The number of benzene rings is 2. The first-order valence-electron chi connectivity index (χ1n) is 8.58. The number of para-hydroxylation sites is 1. The van der Waals surface area contributed by atoms with Crippen molar-refractivity contribution < 1.29 is 4.79 Å². The molecule has 1 aliphatic carbocycles. The van der Waals surface area contributed by atoms with Crippen LogP contribution >= 0.6 is 35.0 Å². The summed E-state index contributed by atoms with van der Waals surface area (Å²) in [5.74, 6) is 0.208. The van der Waals surface area contributed by atoms with Crippen LogP contribution in [-0.4, -0.2) is 5.78 Å². The van der Waals surface area contributed by atoms with Gasteiger partial charge >= 0.3 is 0 Å². The molecule has 1 unspecified atom stereocenters. The van der Waals surface area contributed by atoms with Crippen LogP contribution in [0.15, 0.2) is 58.6 Å². The fraction of sp³-hybridized carbons (Fsp3) is 0.286. The number of hydrogen-bond acceptors (Lipinski definition) is 3. The molecular weight excluding hydrogens is 385 g/mol. The molecule has 2 nitrogen and oxygen atoms in total. The van der Waals surface area contributed by atoms with Crippen molar-refractivity contribution in [3.05, 3.63) is 69.3 Å². The maximum Gasteiger partial charge on any atom is 0.162 e. The minimum atomic E-state index is -0.0977. The Morgan fingerprint density at radius 2 is 1.85 bits per heavy atom. The summed E-state index contributed by atoms with van der Waals surface area (Å²) in [6.07, 6.45) is 1.41. The van der Waals surface area contributed by atoms with Crippen LogP contribution in [0, 0.1) is 5.41 Å². The van der Waals surface area contributed by atoms with Crippen molar-refractivity contribution >= 4 is 46.4 Å². The molecule has 1 aliphatic heterocycles.